The van der Waals surface area contributed by atoms with Gasteiger partial charge in [-0.3, -0.25) is 9.69 Å². The van der Waals surface area contributed by atoms with Crippen molar-refractivity contribution < 1.29 is 28.6 Å². The van der Waals surface area contributed by atoms with Crippen LogP contribution in [0.3, 0.4) is 0 Å². The molecule has 4 heterocycles. The number of hydrogen-bond acceptors (Lipinski definition) is 8. The topological polar surface area (TPSA) is 152 Å². The number of benzene rings is 3. The van der Waals surface area contributed by atoms with Crippen molar-refractivity contribution in [3.8, 4) is 22.4 Å². The molecule has 5 fully saturated rings. The van der Waals surface area contributed by atoms with Crippen molar-refractivity contribution in [2.24, 2.45) is 29.6 Å². The van der Waals surface area contributed by atoms with Crippen LogP contribution in [-0.4, -0.2) is 80.8 Å². The van der Waals surface area contributed by atoms with Gasteiger partial charge in [0.15, 0.2) is 5.78 Å². The molecule has 3 aliphatic carbocycles. The van der Waals surface area contributed by atoms with Gasteiger partial charge in [0.2, 0.25) is 0 Å². The van der Waals surface area contributed by atoms with Crippen LogP contribution < -0.4 is 5.32 Å². The third-order valence-corrected chi connectivity index (χ3v) is 13.2. The van der Waals surface area contributed by atoms with Crippen LogP contribution in [0.1, 0.15) is 82.9 Å². The molecule has 3 saturated carbocycles. The number of piperidine rings is 1. The summed E-state index contributed by atoms with van der Waals surface area (Å²) >= 11 is 0. The second-order valence-corrected chi connectivity index (χ2v) is 18.0. The van der Waals surface area contributed by atoms with E-state index in [1.54, 1.807) is 0 Å². The van der Waals surface area contributed by atoms with E-state index in [1.165, 1.54) is 7.11 Å². The number of amides is 2. The van der Waals surface area contributed by atoms with E-state index in [-0.39, 0.29) is 41.7 Å². The molecule has 2 aromatic heterocycles. The number of likely N-dealkylation sites (tertiary alicyclic amines) is 1. The summed E-state index contributed by atoms with van der Waals surface area (Å²) in [5, 5.41) is 5.13. The first-order valence-electron chi connectivity index (χ1n) is 20.6. The number of nitrogens with one attached hydrogen (secondary N) is 3. The molecule has 0 bridgehead atoms. The summed E-state index contributed by atoms with van der Waals surface area (Å²) in [6.45, 7) is 6.90. The van der Waals surface area contributed by atoms with E-state index in [0.29, 0.717) is 31.0 Å². The Balaban J connectivity index is 0.864. The average Bonchev–Trinajstić information content (AvgIpc) is 3.82. The summed E-state index contributed by atoms with van der Waals surface area (Å²) < 4.78 is 16.3. The van der Waals surface area contributed by atoms with Gasteiger partial charge < -0.3 is 29.5 Å². The highest BCUT2D eigenvalue weighted by atomic mass is 16.6. The standard InChI is InChI=1S/C45H50N6O6/c1-45(2,3)57-44(54)51-36-20-30(36)21-37(51)42-47-33-10-9-27(19-34(33)48-42)25-5-6-26-16-28(8-7-24(26)15-25)35-22-46-41(49-35)32-18-29-17-31(29)38(32)40(52)39(50-43(53)55-4)23-11-13-56-14-12-23/h5-10,15-16,19,22-23,29-32,36-39H,11-14,17-18,20-21H2,1-4H3,(H,46,49)(H,47,48)(H,50,53)/t29-,30-,31-,32-,36-,37+,38?,39+/m1/s1. The van der Waals surface area contributed by atoms with Crippen LogP contribution in [0.25, 0.3) is 44.2 Å². The highest BCUT2D eigenvalue weighted by Crippen LogP contribution is 2.61. The molecule has 0 radical (unpaired) electrons. The highest BCUT2D eigenvalue weighted by molar-refractivity contribution is 5.93. The lowest BCUT2D eigenvalue weighted by molar-refractivity contribution is -0.128. The monoisotopic (exact) mass is 770 g/mol. The predicted molar refractivity (Wildman–Crippen MR) is 214 cm³/mol. The Hall–Kier alpha value is -5.23. The molecule has 12 nitrogen and oxygen atoms in total. The third kappa shape index (κ3) is 6.75. The molecule has 3 N–H and O–H groups in total. The Bertz CT molecular complexity index is 2390. The molecular weight excluding hydrogens is 721 g/mol. The Morgan fingerprint density at radius 2 is 1.61 bits per heavy atom. The molecule has 2 saturated heterocycles. The van der Waals surface area contributed by atoms with Gasteiger partial charge in [-0.15, -0.1) is 0 Å². The molecule has 3 aromatic carbocycles. The molecule has 10 rings (SSSR count). The summed E-state index contributed by atoms with van der Waals surface area (Å²) in [7, 11) is 1.34. The SMILES string of the molecule is COC(=O)N[C@H](C(=O)C1[C@H](c2nc(-c3ccc4cc(-c5ccc6nc([C@@H]7C[C@H]8C[C@H]8N7C(=O)OC(C)(C)C)[nH]c6c5)ccc4c3)c[nH]2)C[C@H]2C[C@@H]12)C1CCOCC1. The number of H-pyrrole nitrogens is 2. The number of ether oxygens (including phenoxy) is 3. The van der Waals surface area contributed by atoms with Gasteiger partial charge in [-0.25, -0.2) is 19.6 Å². The van der Waals surface area contributed by atoms with E-state index >= 15 is 0 Å². The average molecular weight is 771 g/mol. The molecule has 296 valence electrons. The minimum Gasteiger partial charge on any atom is -0.453 e. The van der Waals surface area contributed by atoms with Gasteiger partial charge in [0.1, 0.15) is 17.2 Å². The number of carbonyl (C=O) groups is 3. The summed E-state index contributed by atoms with van der Waals surface area (Å²) in [5.41, 5.74) is 5.31. The van der Waals surface area contributed by atoms with E-state index in [1.807, 2.05) is 37.9 Å². The highest BCUT2D eigenvalue weighted by Gasteiger charge is 2.59. The molecule has 2 amide bonds. The van der Waals surface area contributed by atoms with Gasteiger partial charge in [0.05, 0.1) is 35.9 Å². The zero-order valence-corrected chi connectivity index (χ0v) is 32.9. The predicted octanol–water partition coefficient (Wildman–Crippen LogP) is 8.30. The molecule has 0 spiro atoms. The van der Waals surface area contributed by atoms with E-state index < -0.39 is 17.7 Å². The van der Waals surface area contributed by atoms with Crippen LogP contribution in [0.5, 0.6) is 0 Å². The second-order valence-electron chi connectivity index (χ2n) is 18.0. The first-order chi connectivity index (χ1) is 27.5. The Kier molecular flexibility index (Phi) is 8.69. The van der Waals surface area contributed by atoms with Crippen LogP contribution in [0, 0.1) is 29.6 Å². The van der Waals surface area contributed by atoms with Crippen LogP contribution in [0.2, 0.25) is 0 Å². The quantitative estimate of drug-likeness (QED) is 0.143. The fourth-order valence-corrected chi connectivity index (χ4v) is 10.2. The van der Waals surface area contributed by atoms with Crippen molar-refractivity contribution in [3.05, 3.63) is 72.4 Å². The molecular formula is C45H50N6O6. The number of hydrogen-bond donors (Lipinski definition) is 3. The minimum absolute atomic E-state index is 0.0178. The Morgan fingerprint density at radius 1 is 0.877 bits per heavy atom. The fraction of sp³-hybridized carbons (Fsp3) is 0.489. The number of aromatic nitrogens is 4. The van der Waals surface area contributed by atoms with Gasteiger partial charge >= 0.3 is 12.2 Å². The van der Waals surface area contributed by atoms with Gasteiger partial charge in [0.25, 0.3) is 0 Å². The maximum atomic E-state index is 14.3. The fourth-order valence-electron chi connectivity index (χ4n) is 10.2. The number of alkyl carbamates (subject to hydrolysis) is 1. The van der Waals surface area contributed by atoms with Crippen LogP contribution >= 0.6 is 0 Å². The van der Waals surface area contributed by atoms with E-state index in [9.17, 15) is 14.4 Å². The molecule has 1 unspecified atom stereocenters. The second kappa shape index (κ2) is 13.7. The summed E-state index contributed by atoms with van der Waals surface area (Å²) in [4.78, 5) is 58.8. The smallest absolute Gasteiger partial charge is 0.411 e. The van der Waals surface area contributed by atoms with Gasteiger partial charge in [-0.2, -0.15) is 0 Å². The van der Waals surface area contributed by atoms with Crippen molar-refractivity contribution in [2.45, 2.75) is 88.9 Å². The number of methoxy groups -OCH3 is 1. The normalized spacial score (nSPS) is 27.2. The van der Waals surface area contributed by atoms with Crippen molar-refractivity contribution in [2.75, 3.05) is 20.3 Å². The van der Waals surface area contributed by atoms with Crippen LogP contribution in [-0.2, 0) is 19.0 Å². The van der Waals surface area contributed by atoms with Crippen LogP contribution in [0.15, 0.2) is 60.8 Å². The number of nitrogens with zero attached hydrogens (tertiary/aromatic N) is 3. The largest absolute Gasteiger partial charge is 0.453 e. The molecule has 57 heavy (non-hydrogen) atoms. The maximum absolute atomic E-state index is 14.3. The molecule has 5 aromatic rings. The minimum atomic E-state index is -0.592. The van der Waals surface area contributed by atoms with E-state index in [2.05, 4.69) is 63.8 Å². The van der Waals surface area contributed by atoms with Crippen molar-refractivity contribution in [1.29, 1.82) is 0 Å². The molecule has 8 atom stereocenters. The molecule has 2 aliphatic heterocycles. The number of aromatic amines is 2. The first-order valence-corrected chi connectivity index (χ1v) is 20.6. The summed E-state index contributed by atoms with van der Waals surface area (Å²) in [5.74, 6) is 2.94. The van der Waals surface area contributed by atoms with Crippen molar-refractivity contribution >= 4 is 39.8 Å². The first kappa shape index (κ1) is 36.1. The Labute approximate surface area is 331 Å². The van der Waals surface area contributed by atoms with Gasteiger partial charge in [0, 0.05) is 42.9 Å². The van der Waals surface area contributed by atoms with Crippen molar-refractivity contribution in [1.82, 2.24) is 30.2 Å². The van der Waals surface area contributed by atoms with Crippen molar-refractivity contribution in [3.63, 3.8) is 0 Å². The zero-order valence-electron chi connectivity index (χ0n) is 32.9. The zero-order chi connectivity index (χ0) is 39.2. The van der Waals surface area contributed by atoms with Crippen LogP contribution in [0.4, 0.5) is 9.59 Å². The number of ketones is 1. The lowest BCUT2D eigenvalue weighted by Crippen LogP contribution is -2.50. The number of carbonyl (C=O) groups excluding carboxylic acids is 3. The Morgan fingerprint density at radius 3 is 2.39 bits per heavy atom. The third-order valence-electron chi connectivity index (χ3n) is 13.2. The molecule has 5 aliphatic rings. The van der Waals surface area contributed by atoms with E-state index in [0.717, 1.165) is 94.4 Å². The lowest BCUT2D eigenvalue weighted by Gasteiger charge is -2.32. The number of Topliss-reactive ketones (excluding diaryl/α,β-unsaturated/α-hetero) is 1. The number of fused-ring (bicyclic) bond motifs is 4. The van der Waals surface area contributed by atoms with Gasteiger partial charge in [-0.1, -0.05) is 30.3 Å². The molecule has 12 heteroatoms. The number of imidazole rings is 2. The lowest BCUT2D eigenvalue weighted by atomic mass is 9.78. The maximum Gasteiger partial charge on any atom is 0.411 e. The summed E-state index contributed by atoms with van der Waals surface area (Å²) in [6.07, 6.45) is 6.51. The van der Waals surface area contributed by atoms with Gasteiger partial charge in [-0.05, 0) is 129 Å². The van der Waals surface area contributed by atoms with E-state index in [4.69, 9.17) is 24.2 Å². The summed E-state index contributed by atoms with van der Waals surface area (Å²) in [6, 6.07) is 18.7. The number of rotatable bonds is 8.